The van der Waals surface area contributed by atoms with Crippen LogP contribution in [0.5, 0.6) is 0 Å². The van der Waals surface area contributed by atoms with Gasteiger partial charge in [-0.05, 0) is 56.5 Å². The molecule has 0 aliphatic carbocycles. The number of hydrogen-bond donors (Lipinski definition) is 3. The van der Waals surface area contributed by atoms with Crippen molar-refractivity contribution < 1.29 is 14.3 Å². The van der Waals surface area contributed by atoms with Crippen LogP contribution in [-0.2, 0) is 15.8 Å². The first-order valence-electron chi connectivity index (χ1n) is 10.1. The fraction of sp³-hybridized carbons (Fsp3) is 0.500. The van der Waals surface area contributed by atoms with Crippen molar-refractivity contribution in [3.63, 3.8) is 0 Å². The number of nitrogens with one attached hydrogen (secondary N) is 2. The van der Waals surface area contributed by atoms with Gasteiger partial charge >= 0.3 is 0 Å². The molecule has 1 unspecified atom stereocenters. The summed E-state index contributed by atoms with van der Waals surface area (Å²) in [5, 5.41) is 18.1. The summed E-state index contributed by atoms with van der Waals surface area (Å²) in [6.45, 7) is 6.76. The average Bonchev–Trinajstić information content (AvgIpc) is 3.27. The van der Waals surface area contributed by atoms with Crippen LogP contribution in [0.1, 0.15) is 38.0 Å². The number of halogens is 2. The number of guanidine groups is 1. The first-order chi connectivity index (χ1) is 14.0. The molecule has 30 heavy (non-hydrogen) atoms. The van der Waals surface area contributed by atoms with Gasteiger partial charge in [0.25, 0.3) is 0 Å². The van der Waals surface area contributed by atoms with Gasteiger partial charge < -0.3 is 24.9 Å². The van der Waals surface area contributed by atoms with Gasteiger partial charge in [0.05, 0.1) is 12.8 Å². The van der Waals surface area contributed by atoms with E-state index in [-0.39, 0.29) is 35.9 Å². The van der Waals surface area contributed by atoms with Crippen molar-refractivity contribution in [2.75, 3.05) is 32.8 Å². The SMILES string of the molecule is CCNC(=NCC(C)(O)c1ccco1)NCC1(c2cccc(Cl)c2)CCOCC1.I. The highest BCUT2D eigenvalue weighted by atomic mass is 127. The number of hydrogen-bond acceptors (Lipinski definition) is 4. The van der Waals surface area contributed by atoms with Gasteiger partial charge in [0, 0.05) is 36.7 Å². The molecular weight excluding hydrogens is 517 g/mol. The van der Waals surface area contributed by atoms with Crippen molar-refractivity contribution >= 4 is 41.5 Å². The summed E-state index contributed by atoms with van der Waals surface area (Å²) >= 11 is 6.26. The number of benzene rings is 1. The Kier molecular flexibility index (Phi) is 9.46. The molecule has 0 amide bonds. The lowest BCUT2D eigenvalue weighted by atomic mass is 9.74. The van der Waals surface area contributed by atoms with E-state index in [0.717, 1.165) is 37.6 Å². The summed E-state index contributed by atoms with van der Waals surface area (Å²) in [7, 11) is 0. The Morgan fingerprint density at radius 2 is 2.00 bits per heavy atom. The highest BCUT2D eigenvalue weighted by Gasteiger charge is 2.35. The molecule has 1 aromatic carbocycles. The molecule has 0 bridgehead atoms. The molecule has 2 heterocycles. The third kappa shape index (κ3) is 6.35. The minimum absolute atomic E-state index is 0. The molecular formula is C22H31ClIN3O3. The van der Waals surface area contributed by atoms with Gasteiger partial charge in [0.15, 0.2) is 5.96 Å². The maximum absolute atomic E-state index is 10.7. The lowest BCUT2D eigenvalue weighted by Crippen LogP contribution is -2.48. The number of ether oxygens (including phenoxy) is 1. The second-order valence-electron chi connectivity index (χ2n) is 7.70. The van der Waals surface area contributed by atoms with Crippen LogP contribution in [0.15, 0.2) is 52.1 Å². The number of aliphatic hydroxyl groups is 1. The van der Waals surface area contributed by atoms with Gasteiger partial charge in [-0.15, -0.1) is 24.0 Å². The predicted molar refractivity (Wildman–Crippen MR) is 131 cm³/mol. The van der Waals surface area contributed by atoms with E-state index < -0.39 is 5.60 Å². The summed E-state index contributed by atoms with van der Waals surface area (Å²) in [6.07, 6.45) is 3.37. The molecule has 3 rings (SSSR count). The smallest absolute Gasteiger partial charge is 0.191 e. The van der Waals surface area contributed by atoms with Crippen LogP contribution in [0.4, 0.5) is 0 Å². The third-order valence-electron chi connectivity index (χ3n) is 5.42. The molecule has 166 valence electrons. The Bertz CT molecular complexity index is 806. The first-order valence-corrected chi connectivity index (χ1v) is 10.5. The maximum Gasteiger partial charge on any atom is 0.191 e. The number of rotatable bonds is 7. The maximum atomic E-state index is 10.7. The molecule has 1 aliphatic heterocycles. The Morgan fingerprint density at radius 1 is 1.23 bits per heavy atom. The Hall–Kier alpha value is -1.29. The zero-order valence-corrected chi connectivity index (χ0v) is 20.6. The molecule has 0 radical (unpaired) electrons. The molecule has 0 spiro atoms. The quantitative estimate of drug-likeness (QED) is 0.277. The predicted octanol–water partition coefficient (Wildman–Crippen LogP) is 4.06. The van der Waals surface area contributed by atoms with Crippen molar-refractivity contribution in [2.24, 2.45) is 4.99 Å². The van der Waals surface area contributed by atoms with Crippen LogP contribution >= 0.6 is 35.6 Å². The molecule has 2 aromatic rings. The molecule has 1 saturated heterocycles. The molecule has 1 atom stereocenters. The van der Waals surface area contributed by atoms with E-state index in [1.165, 1.54) is 5.56 Å². The largest absolute Gasteiger partial charge is 0.466 e. The Balaban J connectivity index is 0.00000320. The molecule has 8 heteroatoms. The van der Waals surface area contributed by atoms with E-state index in [4.69, 9.17) is 20.8 Å². The number of aliphatic imine (C=N–C) groups is 1. The van der Waals surface area contributed by atoms with E-state index in [0.29, 0.717) is 18.3 Å². The number of furan rings is 1. The summed E-state index contributed by atoms with van der Waals surface area (Å²) in [5.74, 6) is 1.16. The van der Waals surface area contributed by atoms with Crippen molar-refractivity contribution in [2.45, 2.75) is 37.7 Å². The lowest BCUT2D eigenvalue weighted by Gasteiger charge is -2.38. The zero-order valence-electron chi connectivity index (χ0n) is 17.5. The molecule has 1 aliphatic rings. The van der Waals surface area contributed by atoms with Crippen LogP contribution < -0.4 is 10.6 Å². The monoisotopic (exact) mass is 547 g/mol. The van der Waals surface area contributed by atoms with Crippen molar-refractivity contribution in [1.82, 2.24) is 10.6 Å². The second kappa shape index (κ2) is 11.4. The molecule has 6 nitrogen and oxygen atoms in total. The van der Waals surface area contributed by atoms with Crippen molar-refractivity contribution in [3.05, 3.63) is 59.0 Å². The molecule has 0 saturated carbocycles. The summed E-state index contributed by atoms with van der Waals surface area (Å²) < 4.78 is 11.0. The summed E-state index contributed by atoms with van der Waals surface area (Å²) in [4.78, 5) is 4.59. The van der Waals surface area contributed by atoms with Gasteiger partial charge in [-0.1, -0.05) is 23.7 Å². The molecule has 1 aromatic heterocycles. The van der Waals surface area contributed by atoms with E-state index >= 15 is 0 Å². The summed E-state index contributed by atoms with van der Waals surface area (Å²) in [6, 6.07) is 11.6. The van der Waals surface area contributed by atoms with Gasteiger partial charge in [-0.3, -0.25) is 0 Å². The van der Waals surface area contributed by atoms with Crippen molar-refractivity contribution in [3.8, 4) is 0 Å². The van der Waals surface area contributed by atoms with Gasteiger partial charge in [0.1, 0.15) is 11.4 Å². The zero-order chi connectivity index (χ0) is 20.7. The van der Waals surface area contributed by atoms with E-state index in [1.54, 1.807) is 25.3 Å². The van der Waals surface area contributed by atoms with Crippen LogP contribution in [0.2, 0.25) is 5.02 Å². The first kappa shape index (κ1) is 25.0. The van der Waals surface area contributed by atoms with E-state index in [9.17, 15) is 5.11 Å². The average molecular weight is 548 g/mol. The molecule has 3 N–H and O–H groups in total. The number of nitrogens with zero attached hydrogens (tertiary/aromatic N) is 1. The van der Waals surface area contributed by atoms with E-state index in [2.05, 4.69) is 21.7 Å². The van der Waals surface area contributed by atoms with Gasteiger partial charge in [-0.2, -0.15) is 0 Å². The van der Waals surface area contributed by atoms with Crippen LogP contribution in [0.3, 0.4) is 0 Å². The minimum Gasteiger partial charge on any atom is -0.466 e. The molecule has 1 fully saturated rings. The fourth-order valence-corrected chi connectivity index (χ4v) is 3.83. The standard InChI is InChI=1S/C22H30ClN3O3.HI/c1-3-24-20(25-15-21(2,27)19-8-5-11-29-19)26-16-22(9-12-28-13-10-22)17-6-4-7-18(23)14-17;/h4-8,11,14,27H,3,9-10,12-13,15-16H2,1-2H3,(H2,24,25,26);1H. The van der Waals surface area contributed by atoms with Crippen molar-refractivity contribution in [1.29, 1.82) is 0 Å². The topological polar surface area (TPSA) is 79.0 Å². The fourth-order valence-electron chi connectivity index (χ4n) is 3.64. The highest BCUT2D eigenvalue weighted by molar-refractivity contribution is 14.0. The normalized spacial score (nSPS) is 18.2. The Morgan fingerprint density at radius 3 is 2.63 bits per heavy atom. The summed E-state index contributed by atoms with van der Waals surface area (Å²) in [5.41, 5.74) is -0.0443. The highest BCUT2D eigenvalue weighted by Crippen LogP contribution is 2.35. The Labute approximate surface area is 200 Å². The van der Waals surface area contributed by atoms with Crippen LogP contribution in [0, 0.1) is 0 Å². The third-order valence-corrected chi connectivity index (χ3v) is 5.66. The van der Waals surface area contributed by atoms with Gasteiger partial charge in [-0.25, -0.2) is 4.99 Å². The van der Waals surface area contributed by atoms with E-state index in [1.807, 2.05) is 25.1 Å². The van der Waals surface area contributed by atoms with Crippen LogP contribution in [-0.4, -0.2) is 43.9 Å². The van der Waals surface area contributed by atoms with Gasteiger partial charge in [0.2, 0.25) is 0 Å². The van der Waals surface area contributed by atoms with Crippen LogP contribution in [0.25, 0.3) is 0 Å². The minimum atomic E-state index is -1.17. The second-order valence-corrected chi connectivity index (χ2v) is 8.14. The lowest BCUT2D eigenvalue weighted by molar-refractivity contribution is 0.0435.